The molecule has 0 unspecified atom stereocenters. The first-order valence-electron chi connectivity index (χ1n) is 22.4. The van der Waals surface area contributed by atoms with Crippen LogP contribution in [0.2, 0.25) is 0 Å². The van der Waals surface area contributed by atoms with Crippen molar-refractivity contribution in [1.82, 2.24) is 10.3 Å². The third-order valence-corrected chi connectivity index (χ3v) is 10.5. The number of guanidine groups is 1. The molecule has 0 aromatic heterocycles. The van der Waals surface area contributed by atoms with E-state index in [1.165, 1.54) is 148 Å². The summed E-state index contributed by atoms with van der Waals surface area (Å²) in [6, 6.07) is 0. The van der Waals surface area contributed by atoms with E-state index in [9.17, 15) is 19.7 Å². The highest BCUT2D eigenvalue weighted by Gasteiger charge is 2.26. The van der Waals surface area contributed by atoms with Crippen molar-refractivity contribution >= 4 is 17.6 Å². The Balaban J connectivity index is 4.58. The van der Waals surface area contributed by atoms with E-state index in [1.807, 2.05) is 10.3 Å². The number of ketones is 1. The van der Waals surface area contributed by atoms with Gasteiger partial charge in [0.15, 0.2) is 5.03 Å². The molecule has 3 N–H and O–H groups in total. The topological polar surface area (TPSA) is 131 Å². The Morgan fingerprint density at radius 1 is 0.596 bits per heavy atom. The Labute approximate surface area is 321 Å². The predicted molar refractivity (Wildman–Crippen MR) is 221 cm³/mol. The number of rotatable bonds is 40. The maximum absolute atomic E-state index is 14.0. The molecule has 0 saturated carbocycles. The summed E-state index contributed by atoms with van der Waals surface area (Å²) >= 11 is 0. The van der Waals surface area contributed by atoms with Crippen LogP contribution < -0.4 is 11.2 Å². The molecule has 0 heterocycles. The number of hydrazine groups is 1. The Bertz CT molecular complexity index is 854. The number of Topliss-reactive ketones (excluding diaryl/α,β-unsaturated/α-hetero) is 1. The molecule has 0 rings (SSSR count). The zero-order valence-corrected chi connectivity index (χ0v) is 34.6. The lowest BCUT2D eigenvalue weighted by atomic mass is 9.93. The van der Waals surface area contributed by atoms with Gasteiger partial charge in [0.25, 0.3) is 5.96 Å². The monoisotopic (exact) mass is 736 g/mol. The molecule has 0 radical (unpaired) electrons. The van der Waals surface area contributed by atoms with Gasteiger partial charge in [-0.3, -0.25) is 9.59 Å². The highest BCUT2D eigenvalue weighted by Crippen LogP contribution is 2.21. The van der Waals surface area contributed by atoms with Crippen LogP contribution in [0, 0.1) is 16.0 Å². The summed E-state index contributed by atoms with van der Waals surface area (Å²) in [6.07, 6.45) is 38.5. The minimum Gasteiger partial charge on any atom is -0.365 e. The highest BCUT2D eigenvalue weighted by atomic mass is 16.7. The number of nitrogens with two attached hydrogens (primary N) is 1. The first kappa shape index (κ1) is 49.8. The summed E-state index contributed by atoms with van der Waals surface area (Å²) in [6.45, 7) is 8.47. The predicted octanol–water partition coefficient (Wildman–Crippen LogP) is 12.0. The Morgan fingerprint density at radius 3 is 1.35 bits per heavy atom. The summed E-state index contributed by atoms with van der Waals surface area (Å²) in [7, 11) is 0. The molecule has 0 aliphatic rings. The van der Waals surface area contributed by atoms with Crippen molar-refractivity contribution in [2.45, 2.75) is 233 Å². The van der Waals surface area contributed by atoms with E-state index in [2.05, 4.69) is 25.8 Å². The fraction of sp³-hybridized carbons (Fsp3) is 0.930. The zero-order chi connectivity index (χ0) is 38.3. The minimum atomic E-state index is -0.733. The molecule has 9 nitrogen and oxygen atoms in total. The van der Waals surface area contributed by atoms with E-state index >= 15 is 0 Å². The van der Waals surface area contributed by atoms with Gasteiger partial charge < -0.3 is 10.6 Å². The van der Waals surface area contributed by atoms with Gasteiger partial charge in [-0.1, -0.05) is 193 Å². The largest absolute Gasteiger partial charge is 0.365 e. The summed E-state index contributed by atoms with van der Waals surface area (Å²) in [4.78, 5) is 43.9. The maximum Gasteiger partial charge on any atom is 0.251 e. The molecule has 1 atom stereocenters. The number of aliphatic imine (C=N–C) groups is 1. The van der Waals surface area contributed by atoms with Crippen molar-refractivity contribution in [3.8, 4) is 0 Å². The van der Waals surface area contributed by atoms with Crippen LogP contribution in [-0.4, -0.2) is 47.2 Å². The van der Waals surface area contributed by atoms with Crippen molar-refractivity contribution in [3.63, 3.8) is 0 Å². The van der Waals surface area contributed by atoms with Crippen molar-refractivity contribution < 1.29 is 14.6 Å². The molecule has 0 fully saturated rings. The molecular formula is C43H85N5O4. The van der Waals surface area contributed by atoms with Gasteiger partial charge in [-0.05, 0) is 32.1 Å². The van der Waals surface area contributed by atoms with E-state index in [1.54, 1.807) is 0 Å². The molecule has 9 heteroatoms. The van der Waals surface area contributed by atoms with Gasteiger partial charge in [0.05, 0.1) is 0 Å². The second-order valence-electron chi connectivity index (χ2n) is 15.5. The maximum atomic E-state index is 14.0. The average Bonchev–Trinajstić information content (AvgIpc) is 3.12. The number of amides is 1. The number of unbranched alkanes of at least 4 members (excludes halogenated alkanes) is 26. The molecule has 0 aromatic rings. The van der Waals surface area contributed by atoms with Crippen molar-refractivity contribution in [2.24, 2.45) is 16.6 Å². The number of carbonyl (C=O) groups is 2. The smallest absolute Gasteiger partial charge is 0.251 e. The van der Waals surface area contributed by atoms with Gasteiger partial charge in [-0.15, -0.1) is 0 Å². The number of hydrogen-bond donors (Lipinski definition) is 2. The third kappa shape index (κ3) is 33.6. The fourth-order valence-electron chi connectivity index (χ4n) is 7.16. The SMILES string of the molecule is CCCCCCCCCCCCCCCCCCCCCC(=O)C[C@@H](CCCN=C(N)N[N+](=O)[O-])C(=O)N(CCCCCCC)CCCCCCC. The first-order valence-corrected chi connectivity index (χ1v) is 22.4. The standard InChI is InChI=1S/C43H85N5O4/c1-4-7-10-13-14-15-16-17-18-19-20-21-22-23-24-25-26-27-30-35-41(49)39-40(34-33-36-45-43(44)46-48(51)52)42(50)47(37-31-28-11-8-5-2)38-32-29-12-9-6-3/h40H,4-39H2,1-3H3,(H3,44,45,46)/t40-/m1/s1. The number of nitrogens with one attached hydrogen (secondary N) is 1. The van der Waals surface area contributed by atoms with E-state index in [0.29, 0.717) is 19.3 Å². The van der Waals surface area contributed by atoms with Crippen molar-refractivity contribution in [1.29, 1.82) is 0 Å². The van der Waals surface area contributed by atoms with E-state index < -0.39 is 5.03 Å². The Kier molecular flexibility index (Phi) is 36.9. The normalized spacial score (nSPS) is 12.2. The number of carbonyl (C=O) groups excluding carboxylic acids is 2. The van der Waals surface area contributed by atoms with Crippen LogP contribution in [0.15, 0.2) is 4.99 Å². The van der Waals surface area contributed by atoms with Crippen LogP contribution in [0.4, 0.5) is 0 Å². The molecule has 0 aliphatic heterocycles. The van der Waals surface area contributed by atoms with Gasteiger partial charge in [0.2, 0.25) is 5.91 Å². The van der Waals surface area contributed by atoms with Crippen LogP contribution in [-0.2, 0) is 9.59 Å². The van der Waals surface area contributed by atoms with Gasteiger partial charge in [-0.25, -0.2) is 15.1 Å². The van der Waals surface area contributed by atoms with E-state index in [4.69, 9.17) is 5.73 Å². The highest BCUT2D eigenvalue weighted by molar-refractivity contribution is 5.86. The second kappa shape index (κ2) is 38.5. The Hall–Kier alpha value is -2.19. The molecular weight excluding hydrogens is 651 g/mol. The van der Waals surface area contributed by atoms with E-state index in [0.717, 1.165) is 51.6 Å². The second-order valence-corrected chi connectivity index (χ2v) is 15.5. The quantitative estimate of drug-likeness (QED) is 0.0212. The Morgan fingerprint density at radius 2 is 0.962 bits per heavy atom. The van der Waals surface area contributed by atoms with Crippen LogP contribution in [0.3, 0.4) is 0 Å². The summed E-state index contributed by atoms with van der Waals surface area (Å²) < 4.78 is 0. The van der Waals surface area contributed by atoms with Crippen molar-refractivity contribution in [3.05, 3.63) is 10.1 Å². The first-order chi connectivity index (χ1) is 25.3. The average molecular weight is 736 g/mol. The molecule has 306 valence electrons. The zero-order valence-electron chi connectivity index (χ0n) is 34.6. The lowest BCUT2D eigenvalue weighted by Crippen LogP contribution is -2.38. The molecule has 0 aliphatic carbocycles. The fourth-order valence-corrected chi connectivity index (χ4v) is 7.16. The van der Waals surface area contributed by atoms with E-state index in [-0.39, 0.29) is 36.5 Å². The lowest BCUT2D eigenvalue weighted by molar-refractivity contribution is -0.525. The number of nitrogens with zero attached hydrogens (tertiary/aromatic N) is 3. The molecule has 0 aromatic carbocycles. The lowest BCUT2D eigenvalue weighted by Gasteiger charge is -2.28. The molecule has 0 spiro atoms. The summed E-state index contributed by atoms with van der Waals surface area (Å²) in [5, 5.41) is 9.91. The number of nitro groups is 1. The number of hydrogen-bond acceptors (Lipinski definition) is 5. The molecule has 0 saturated heterocycles. The van der Waals surface area contributed by atoms with Crippen LogP contribution in [0.5, 0.6) is 0 Å². The summed E-state index contributed by atoms with van der Waals surface area (Å²) in [5.41, 5.74) is 7.45. The summed E-state index contributed by atoms with van der Waals surface area (Å²) in [5.74, 6) is -0.352. The van der Waals surface area contributed by atoms with Gasteiger partial charge in [0.1, 0.15) is 5.78 Å². The van der Waals surface area contributed by atoms with Crippen LogP contribution in [0.1, 0.15) is 233 Å². The third-order valence-electron chi connectivity index (χ3n) is 10.5. The minimum absolute atomic E-state index is 0.0906. The van der Waals surface area contributed by atoms with Gasteiger partial charge >= 0.3 is 0 Å². The van der Waals surface area contributed by atoms with Crippen LogP contribution >= 0.6 is 0 Å². The molecule has 52 heavy (non-hydrogen) atoms. The molecule has 0 bridgehead atoms. The van der Waals surface area contributed by atoms with Crippen molar-refractivity contribution in [2.75, 3.05) is 19.6 Å². The van der Waals surface area contributed by atoms with Gasteiger partial charge in [-0.2, -0.15) is 0 Å². The van der Waals surface area contributed by atoms with Crippen LogP contribution in [0.25, 0.3) is 0 Å². The van der Waals surface area contributed by atoms with Gasteiger partial charge in [0, 0.05) is 38.4 Å². The molecule has 1 amide bonds.